The summed E-state index contributed by atoms with van der Waals surface area (Å²) in [5.41, 5.74) is 1.56. The molecule has 0 spiro atoms. The third-order valence-corrected chi connectivity index (χ3v) is 5.96. The average Bonchev–Trinajstić information content (AvgIpc) is 3.31. The van der Waals surface area contributed by atoms with Crippen LogP contribution in [-0.2, 0) is 16.1 Å². The number of hydrogen-bond donors (Lipinski definition) is 1. The summed E-state index contributed by atoms with van der Waals surface area (Å²) >= 11 is 0. The number of hydrogen-bond acceptors (Lipinski definition) is 3. The van der Waals surface area contributed by atoms with Crippen molar-refractivity contribution in [2.75, 3.05) is 20.3 Å². The van der Waals surface area contributed by atoms with Crippen molar-refractivity contribution in [2.24, 2.45) is 11.8 Å². The number of rotatable bonds is 5. The fourth-order valence-electron chi connectivity index (χ4n) is 4.78. The zero-order chi connectivity index (χ0) is 18.3. The summed E-state index contributed by atoms with van der Waals surface area (Å²) in [6.07, 6.45) is 4.84. The third-order valence-electron chi connectivity index (χ3n) is 5.96. The molecule has 26 heavy (non-hydrogen) atoms. The molecule has 1 N–H and O–H groups in total. The molecule has 6 heteroatoms. The van der Waals surface area contributed by atoms with Crippen LogP contribution in [0.3, 0.4) is 0 Å². The number of carbonyl (C=O) groups is 2. The normalized spacial score (nSPS) is 25.0. The number of methoxy groups -OCH3 is 1. The molecule has 2 fully saturated rings. The van der Waals surface area contributed by atoms with Crippen molar-refractivity contribution >= 4 is 22.8 Å². The minimum atomic E-state index is -0.879. The highest BCUT2D eigenvalue weighted by atomic mass is 16.5. The number of amides is 1. The van der Waals surface area contributed by atoms with E-state index < -0.39 is 12.0 Å². The Labute approximate surface area is 152 Å². The van der Waals surface area contributed by atoms with Crippen LogP contribution < -0.4 is 0 Å². The van der Waals surface area contributed by atoms with Crippen LogP contribution in [0, 0.1) is 11.8 Å². The van der Waals surface area contributed by atoms with Gasteiger partial charge in [-0.2, -0.15) is 0 Å². The first kappa shape index (κ1) is 17.1. The minimum absolute atomic E-state index is 0.0956. The van der Waals surface area contributed by atoms with E-state index in [1.807, 2.05) is 35.0 Å². The Bertz CT molecular complexity index is 843. The number of likely N-dealkylation sites (tertiary alicyclic amines) is 1. The van der Waals surface area contributed by atoms with E-state index in [2.05, 4.69) is 0 Å². The lowest BCUT2D eigenvalue weighted by Crippen LogP contribution is -2.43. The van der Waals surface area contributed by atoms with Crippen molar-refractivity contribution in [2.45, 2.75) is 31.8 Å². The lowest BCUT2D eigenvalue weighted by atomic mass is 9.94. The molecule has 1 aromatic carbocycles. The van der Waals surface area contributed by atoms with E-state index in [0.29, 0.717) is 31.2 Å². The maximum Gasteiger partial charge on any atom is 0.326 e. The molecule has 4 rings (SSSR count). The fraction of sp³-hybridized carbons (Fsp3) is 0.500. The topological polar surface area (TPSA) is 71.8 Å². The van der Waals surface area contributed by atoms with E-state index >= 15 is 0 Å². The lowest BCUT2D eigenvalue weighted by molar-refractivity contribution is -0.142. The van der Waals surface area contributed by atoms with Crippen LogP contribution in [0.4, 0.5) is 0 Å². The second-order valence-corrected chi connectivity index (χ2v) is 7.34. The predicted molar refractivity (Wildman–Crippen MR) is 97.1 cm³/mol. The average molecular weight is 356 g/mol. The number of nitrogens with zero attached hydrogens (tertiary/aromatic N) is 2. The van der Waals surface area contributed by atoms with Crippen LogP contribution in [0.15, 0.2) is 30.5 Å². The van der Waals surface area contributed by atoms with E-state index in [4.69, 9.17) is 4.74 Å². The standard InChI is InChI=1S/C20H24N2O4/c1-26-10-9-21-12-16(15-6-2-3-8-17(15)21)19(23)22-11-13-5-4-7-14(13)18(22)20(24)25/h2-3,6,8,12-14,18H,4-5,7,9-11H2,1H3,(H,24,25). The predicted octanol–water partition coefficient (Wildman–Crippen LogP) is 2.61. The van der Waals surface area contributed by atoms with Gasteiger partial charge in [-0.25, -0.2) is 4.79 Å². The second kappa shape index (κ2) is 6.76. The van der Waals surface area contributed by atoms with E-state index in [9.17, 15) is 14.7 Å². The van der Waals surface area contributed by atoms with Gasteiger partial charge in [0.25, 0.3) is 5.91 Å². The molecule has 3 atom stereocenters. The van der Waals surface area contributed by atoms with Crippen LogP contribution in [0.1, 0.15) is 29.6 Å². The molecule has 0 radical (unpaired) electrons. The molecule has 138 valence electrons. The first-order valence-corrected chi connectivity index (χ1v) is 9.22. The fourth-order valence-corrected chi connectivity index (χ4v) is 4.78. The highest BCUT2D eigenvalue weighted by molar-refractivity contribution is 6.08. The smallest absolute Gasteiger partial charge is 0.326 e. The highest BCUT2D eigenvalue weighted by Gasteiger charge is 2.49. The Morgan fingerprint density at radius 3 is 2.85 bits per heavy atom. The zero-order valence-electron chi connectivity index (χ0n) is 14.9. The molecule has 3 unspecified atom stereocenters. The molecule has 1 amide bonds. The van der Waals surface area contributed by atoms with Crippen molar-refractivity contribution in [1.29, 1.82) is 0 Å². The van der Waals surface area contributed by atoms with E-state index in [1.54, 1.807) is 12.0 Å². The van der Waals surface area contributed by atoms with Gasteiger partial charge in [0, 0.05) is 37.3 Å². The monoisotopic (exact) mass is 356 g/mol. The second-order valence-electron chi connectivity index (χ2n) is 7.34. The molecule has 1 saturated carbocycles. The third kappa shape index (κ3) is 2.69. The first-order chi connectivity index (χ1) is 12.6. The minimum Gasteiger partial charge on any atom is -0.480 e. The molecule has 0 bridgehead atoms. The van der Waals surface area contributed by atoms with Gasteiger partial charge < -0.3 is 19.3 Å². The van der Waals surface area contributed by atoms with Gasteiger partial charge in [-0.1, -0.05) is 24.6 Å². The number of fused-ring (bicyclic) bond motifs is 2. The summed E-state index contributed by atoms with van der Waals surface area (Å²) in [4.78, 5) is 26.8. The summed E-state index contributed by atoms with van der Waals surface area (Å²) in [5, 5.41) is 10.6. The quantitative estimate of drug-likeness (QED) is 0.894. The maximum absolute atomic E-state index is 13.3. The molecule has 6 nitrogen and oxygen atoms in total. The van der Waals surface area contributed by atoms with Crippen molar-refractivity contribution in [3.8, 4) is 0 Å². The summed E-state index contributed by atoms with van der Waals surface area (Å²) < 4.78 is 7.18. The molecule has 1 aliphatic carbocycles. The van der Waals surface area contributed by atoms with Gasteiger partial charge in [0.05, 0.1) is 12.2 Å². The summed E-state index contributed by atoms with van der Waals surface area (Å²) in [7, 11) is 1.65. The molecule has 1 saturated heterocycles. The SMILES string of the molecule is COCCn1cc(C(=O)N2CC3CCCC3C2C(=O)O)c2ccccc21. The summed E-state index contributed by atoms with van der Waals surface area (Å²) in [6.45, 7) is 1.76. The Balaban J connectivity index is 1.71. The van der Waals surface area contributed by atoms with Gasteiger partial charge in [-0.05, 0) is 30.7 Å². The first-order valence-electron chi connectivity index (χ1n) is 9.22. The summed E-state index contributed by atoms with van der Waals surface area (Å²) in [5.74, 6) is -0.629. The number of aromatic nitrogens is 1. The molecule has 2 heterocycles. The lowest BCUT2D eigenvalue weighted by Gasteiger charge is -2.24. The Kier molecular flexibility index (Phi) is 4.44. The molecule has 2 aliphatic rings. The largest absolute Gasteiger partial charge is 0.480 e. The number of carbonyl (C=O) groups excluding carboxylic acids is 1. The van der Waals surface area contributed by atoms with Crippen LogP contribution >= 0.6 is 0 Å². The number of carboxylic acids is 1. The van der Waals surface area contributed by atoms with E-state index in [1.165, 1.54) is 0 Å². The van der Waals surface area contributed by atoms with Crippen LogP contribution in [0.2, 0.25) is 0 Å². The summed E-state index contributed by atoms with van der Waals surface area (Å²) in [6, 6.07) is 7.07. The van der Waals surface area contributed by atoms with Crippen LogP contribution in [0.5, 0.6) is 0 Å². The number of benzene rings is 1. The molecular weight excluding hydrogens is 332 g/mol. The molecular formula is C20H24N2O4. The van der Waals surface area contributed by atoms with E-state index in [-0.39, 0.29) is 11.8 Å². The zero-order valence-corrected chi connectivity index (χ0v) is 14.9. The number of carboxylic acid groups (broad SMARTS) is 1. The Hall–Kier alpha value is -2.34. The highest BCUT2D eigenvalue weighted by Crippen LogP contribution is 2.43. The Morgan fingerprint density at radius 1 is 1.27 bits per heavy atom. The number of aliphatic carboxylic acids is 1. The van der Waals surface area contributed by atoms with Crippen molar-refractivity contribution in [3.05, 3.63) is 36.0 Å². The van der Waals surface area contributed by atoms with Gasteiger partial charge in [0.15, 0.2) is 0 Å². The van der Waals surface area contributed by atoms with Gasteiger partial charge in [-0.15, -0.1) is 0 Å². The van der Waals surface area contributed by atoms with E-state index in [0.717, 1.165) is 30.2 Å². The van der Waals surface area contributed by atoms with Crippen LogP contribution in [0.25, 0.3) is 10.9 Å². The van der Waals surface area contributed by atoms with Gasteiger partial charge in [-0.3, -0.25) is 4.79 Å². The Morgan fingerprint density at radius 2 is 2.08 bits per heavy atom. The number of ether oxygens (including phenoxy) is 1. The van der Waals surface area contributed by atoms with Gasteiger partial charge >= 0.3 is 5.97 Å². The van der Waals surface area contributed by atoms with Crippen molar-refractivity contribution in [1.82, 2.24) is 9.47 Å². The molecule has 1 aromatic heterocycles. The maximum atomic E-state index is 13.3. The van der Waals surface area contributed by atoms with Gasteiger partial charge in [0.1, 0.15) is 6.04 Å². The van der Waals surface area contributed by atoms with Crippen molar-refractivity contribution in [3.63, 3.8) is 0 Å². The molecule has 2 aromatic rings. The van der Waals surface area contributed by atoms with Gasteiger partial charge in [0.2, 0.25) is 0 Å². The molecule has 1 aliphatic heterocycles. The number of para-hydroxylation sites is 1. The van der Waals surface area contributed by atoms with Crippen molar-refractivity contribution < 1.29 is 19.4 Å². The van der Waals surface area contributed by atoms with Crippen LogP contribution in [-0.4, -0.2) is 52.8 Å².